The lowest BCUT2D eigenvalue weighted by atomic mass is 10.1. The lowest BCUT2D eigenvalue weighted by Crippen LogP contribution is -2.39. The van der Waals surface area contributed by atoms with Gasteiger partial charge in [-0.15, -0.1) is 0 Å². The minimum atomic E-state index is -1.00. The molecule has 21 heavy (non-hydrogen) atoms. The van der Waals surface area contributed by atoms with Crippen LogP contribution < -0.4 is 5.73 Å². The smallest absolute Gasteiger partial charge is 0.263 e. The van der Waals surface area contributed by atoms with Crippen molar-refractivity contribution < 1.29 is 18.0 Å². The third-order valence-corrected chi connectivity index (χ3v) is 2.86. The Morgan fingerprint density at radius 3 is 2.62 bits per heavy atom. The summed E-state index contributed by atoms with van der Waals surface area (Å²) < 4.78 is 37.6. The van der Waals surface area contributed by atoms with E-state index in [0.717, 1.165) is 18.6 Å². The van der Waals surface area contributed by atoms with Crippen molar-refractivity contribution in [3.05, 3.63) is 35.7 Å². The number of nitrogens with two attached hydrogens (primary N) is 1. The third kappa shape index (κ3) is 3.43. The van der Waals surface area contributed by atoms with Gasteiger partial charge < -0.3 is 15.0 Å². The number of hydrogen-bond acceptors (Lipinski definition) is 5. The van der Waals surface area contributed by atoms with Gasteiger partial charge in [0.2, 0.25) is 0 Å². The monoisotopic (exact) mass is 297 g/mol. The molecule has 2 rings (SSSR count). The van der Waals surface area contributed by atoms with E-state index in [-0.39, 0.29) is 23.9 Å². The first kappa shape index (κ1) is 15.5. The molecule has 1 unspecified atom stereocenters. The molecule has 7 heteroatoms. The lowest BCUT2D eigenvalue weighted by Gasteiger charge is -2.19. The van der Waals surface area contributed by atoms with Crippen LogP contribution >= 0.6 is 0 Å². The van der Waals surface area contributed by atoms with Crippen molar-refractivity contribution in [2.24, 2.45) is 5.73 Å². The summed E-state index contributed by atoms with van der Waals surface area (Å²) in [4.78, 5) is 3.99. The zero-order valence-corrected chi connectivity index (χ0v) is 11.9. The molecule has 2 aromatic rings. The average molecular weight is 297 g/mol. The number of halogens is 2. The number of aromatic nitrogens is 2. The van der Waals surface area contributed by atoms with Crippen molar-refractivity contribution in [1.82, 2.24) is 10.1 Å². The van der Waals surface area contributed by atoms with Crippen LogP contribution in [0, 0.1) is 11.6 Å². The molecule has 1 heterocycles. The van der Waals surface area contributed by atoms with E-state index in [2.05, 4.69) is 10.1 Å². The number of hydrogen-bond donors (Lipinski definition) is 1. The quantitative estimate of drug-likeness (QED) is 0.830. The number of benzene rings is 1. The van der Waals surface area contributed by atoms with E-state index < -0.39 is 17.2 Å². The fourth-order valence-corrected chi connectivity index (χ4v) is 1.75. The van der Waals surface area contributed by atoms with Gasteiger partial charge in [0.15, 0.2) is 5.82 Å². The van der Waals surface area contributed by atoms with Crippen LogP contribution in [0.1, 0.15) is 26.1 Å². The first-order chi connectivity index (χ1) is 9.95. The zero-order chi connectivity index (χ0) is 15.5. The second-order valence-electron chi connectivity index (χ2n) is 4.99. The second-order valence-corrected chi connectivity index (χ2v) is 4.99. The number of nitrogens with zero attached hydrogens (tertiary/aromatic N) is 2. The van der Waals surface area contributed by atoms with Gasteiger partial charge in [0, 0.05) is 6.61 Å². The summed E-state index contributed by atoms with van der Waals surface area (Å²) in [6.45, 7) is 4.37. The SMILES string of the molecule is CCCOCC(C)(N)c1noc(-c2c(F)cccc2F)n1. The summed E-state index contributed by atoms with van der Waals surface area (Å²) in [5.41, 5.74) is 4.69. The molecule has 0 spiro atoms. The van der Waals surface area contributed by atoms with E-state index in [0.29, 0.717) is 6.61 Å². The minimum absolute atomic E-state index is 0.135. The van der Waals surface area contributed by atoms with Crippen LogP contribution in [0.3, 0.4) is 0 Å². The van der Waals surface area contributed by atoms with Crippen LogP contribution in [0.4, 0.5) is 8.78 Å². The highest BCUT2D eigenvalue weighted by Gasteiger charge is 2.29. The molecule has 1 aromatic heterocycles. The molecule has 0 fully saturated rings. The molecule has 0 aliphatic rings. The molecule has 0 amide bonds. The number of rotatable bonds is 6. The van der Waals surface area contributed by atoms with Crippen LogP contribution in [-0.2, 0) is 10.3 Å². The fourth-order valence-electron chi connectivity index (χ4n) is 1.75. The van der Waals surface area contributed by atoms with E-state index in [1.165, 1.54) is 6.07 Å². The van der Waals surface area contributed by atoms with Crippen LogP contribution in [0.5, 0.6) is 0 Å². The van der Waals surface area contributed by atoms with Crippen molar-refractivity contribution in [3.63, 3.8) is 0 Å². The summed E-state index contributed by atoms with van der Waals surface area (Å²) in [6.07, 6.45) is 0.855. The van der Waals surface area contributed by atoms with E-state index in [1.54, 1.807) is 6.92 Å². The van der Waals surface area contributed by atoms with Crippen molar-refractivity contribution in [3.8, 4) is 11.5 Å². The molecule has 5 nitrogen and oxygen atoms in total. The molecule has 114 valence electrons. The van der Waals surface area contributed by atoms with Crippen LogP contribution in [-0.4, -0.2) is 23.4 Å². The molecule has 0 bridgehead atoms. The molecule has 2 N–H and O–H groups in total. The van der Waals surface area contributed by atoms with Gasteiger partial charge in [0.25, 0.3) is 5.89 Å². The van der Waals surface area contributed by atoms with E-state index in [4.69, 9.17) is 15.0 Å². The minimum Gasteiger partial charge on any atom is -0.379 e. The maximum atomic E-state index is 13.7. The molecule has 0 aliphatic carbocycles. The highest BCUT2D eigenvalue weighted by molar-refractivity contribution is 5.54. The van der Waals surface area contributed by atoms with Crippen molar-refractivity contribution in [2.75, 3.05) is 13.2 Å². The topological polar surface area (TPSA) is 74.2 Å². The summed E-state index contributed by atoms with van der Waals surface area (Å²) >= 11 is 0. The fraction of sp³-hybridized carbons (Fsp3) is 0.429. The van der Waals surface area contributed by atoms with Gasteiger partial charge in [0.1, 0.15) is 22.7 Å². The highest BCUT2D eigenvalue weighted by Crippen LogP contribution is 2.26. The predicted octanol–water partition coefficient (Wildman–Crippen LogP) is 2.62. The van der Waals surface area contributed by atoms with Crippen LogP contribution in [0.2, 0.25) is 0 Å². The third-order valence-electron chi connectivity index (χ3n) is 2.86. The molecular formula is C14H17F2N3O2. The van der Waals surface area contributed by atoms with Gasteiger partial charge >= 0.3 is 0 Å². The average Bonchev–Trinajstić information content (AvgIpc) is 2.89. The molecule has 0 saturated heterocycles. The zero-order valence-electron chi connectivity index (χ0n) is 11.9. The van der Waals surface area contributed by atoms with Gasteiger partial charge in [0.05, 0.1) is 6.61 Å². The van der Waals surface area contributed by atoms with Gasteiger partial charge in [-0.2, -0.15) is 4.98 Å². The first-order valence-electron chi connectivity index (χ1n) is 6.61. The van der Waals surface area contributed by atoms with Gasteiger partial charge in [-0.1, -0.05) is 18.1 Å². The molecule has 0 saturated carbocycles. The second kappa shape index (κ2) is 6.28. The first-order valence-corrected chi connectivity index (χ1v) is 6.61. The van der Waals surface area contributed by atoms with Gasteiger partial charge in [-0.05, 0) is 25.5 Å². The maximum absolute atomic E-state index is 13.7. The summed E-state index contributed by atoms with van der Waals surface area (Å²) in [5, 5.41) is 3.70. The Balaban J connectivity index is 2.25. The molecule has 1 aromatic carbocycles. The molecule has 1 atom stereocenters. The van der Waals surface area contributed by atoms with Gasteiger partial charge in [-0.3, -0.25) is 0 Å². The van der Waals surface area contributed by atoms with E-state index >= 15 is 0 Å². The largest absolute Gasteiger partial charge is 0.379 e. The Bertz CT molecular complexity index is 594. The lowest BCUT2D eigenvalue weighted by molar-refractivity contribution is 0.0867. The molecule has 0 aliphatic heterocycles. The van der Waals surface area contributed by atoms with E-state index in [1.807, 2.05) is 6.92 Å². The van der Waals surface area contributed by atoms with Gasteiger partial charge in [-0.25, -0.2) is 8.78 Å². The standard InChI is InChI=1S/C14H17F2N3O2/c1-3-7-20-8-14(2,17)13-18-12(21-19-13)11-9(15)5-4-6-10(11)16/h4-6H,3,7-8,17H2,1-2H3. The van der Waals surface area contributed by atoms with Crippen molar-refractivity contribution in [1.29, 1.82) is 0 Å². The summed E-state index contributed by atoms with van der Waals surface area (Å²) in [5.74, 6) is -1.65. The highest BCUT2D eigenvalue weighted by atomic mass is 19.1. The van der Waals surface area contributed by atoms with Crippen LogP contribution in [0.15, 0.2) is 22.7 Å². The molecule has 0 radical (unpaired) electrons. The Labute approximate surface area is 121 Å². The van der Waals surface area contributed by atoms with Crippen LogP contribution in [0.25, 0.3) is 11.5 Å². The van der Waals surface area contributed by atoms with E-state index in [9.17, 15) is 8.78 Å². The Hall–Kier alpha value is -1.86. The summed E-state index contributed by atoms with van der Waals surface area (Å²) in [7, 11) is 0. The Morgan fingerprint density at radius 1 is 1.33 bits per heavy atom. The maximum Gasteiger partial charge on any atom is 0.263 e. The van der Waals surface area contributed by atoms with Crippen molar-refractivity contribution in [2.45, 2.75) is 25.8 Å². The normalized spacial score (nSPS) is 14.1. The Kier molecular flexibility index (Phi) is 4.64. The van der Waals surface area contributed by atoms with Crippen molar-refractivity contribution >= 4 is 0 Å². The molecular weight excluding hydrogens is 280 g/mol. The summed E-state index contributed by atoms with van der Waals surface area (Å²) in [6, 6.07) is 3.50. The number of ether oxygens (including phenoxy) is 1. The predicted molar refractivity (Wildman–Crippen MR) is 72.3 cm³/mol. The Morgan fingerprint density at radius 2 is 2.00 bits per heavy atom.